The molecule has 2 N–H and O–H groups in total. The molecule has 9 nitrogen and oxygen atoms in total. The Morgan fingerprint density at radius 1 is 1.13 bits per heavy atom. The number of amides is 2. The number of rotatable bonds is 4. The van der Waals surface area contributed by atoms with Gasteiger partial charge >= 0.3 is 11.3 Å². The van der Waals surface area contributed by atoms with Gasteiger partial charge in [0, 0.05) is 18.6 Å². The summed E-state index contributed by atoms with van der Waals surface area (Å²) in [5.74, 6) is 1.24. The van der Waals surface area contributed by atoms with Gasteiger partial charge in [0.05, 0.1) is 11.4 Å². The Morgan fingerprint density at radius 3 is 2.71 bits per heavy atom. The standard InChI is InChI=1S/C21H15N5O4S/c1-11-5-8-23-18(17(11)30-15-4-3-7-22-12(15)2)26-14-6-9-24-19-16(14)13(25-20(26)27)10-31(19)21(28)29/h3-10H,1-2H3,(H-,25,27,28,29)/p+1. The third-order valence-electron chi connectivity index (χ3n) is 4.95. The number of ether oxygens (including phenoxy) is 1. The van der Waals surface area contributed by atoms with Crippen molar-refractivity contribution in [3.8, 4) is 11.5 Å². The molecule has 4 aromatic heterocycles. The lowest BCUT2D eigenvalue weighted by Crippen LogP contribution is -2.34. The fourth-order valence-corrected chi connectivity index (χ4v) is 4.89. The number of urea groups is 1. The molecule has 10 heteroatoms. The van der Waals surface area contributed by atoms with Crippen LogP contribution in [0.15, 0.2) is 48.2 Å². The van der Waals surface area contributed by atoms with Gasteiger partial charge in [0.25, 0.3) is 4.83 Å². The molecule has 31 heavy (non-hydrogen) atoms. The normalized spacial score (nSPS) is 13.3. The molecule has 0 saturated carbocycles. The molecule has 2 amide bonds. The largest absolute Gasteiger partial charge is 0.554 e. The van der Waals surface area contributed by atoms with Gasteiger partial charge in [-0.3, -0.25) is 4.98 Å². The minimum atomic E-state index is -1.24. The number of hydrogen-bond acceptors (Lipinski definition) is 6. The fraction of sp³-hybridized carbons (Fsp3) is 0.0952. The van der Waals surface area contributed by atoms with E-state index in [1.807, 2.05) is 13.8 Å². The van der Waals surface area contributed by atoms with Crippen LogP contribution in [0.4, 0.5) is 26.8 Å². The molecule has 5 heterocycles. The first kappa shape index (κ1) is 18.9. The molecule has 0 radical (unpaired) electrons. The number of anilines is 3. The number of hydrogen-bond donors (Lipinski definition) is 2. The molecule has 1 aliphatic rings. The van der Waals surface area contributed by atoms with Crippen LogP contribution in [0.25, 0.3) is 10.2 Å². The van der Waals surface area contributed by atoms with E-state index < -0.39 is 21.8 Å². The maximum absolute atomic E-state index is 13.1. The molecule has 1 atom stereocenters. The lowest BCUT2D eigenvalue weighted by molar-refractivity contribution is 0.221. The zero-order valence-electron chi connectivity index (χ0n) is 16.5. The second kappa shape index (κ2) is 7.03. The van der Waals surface area contributed by atoms with Crippen molar-refractivity contribution in [2.45, 2.75) is 13.8 Å². The highest BCUT2D eigenvalue weighted by Gasteiger charge is 2.38. The molecule has 0 aromatic carbocycles. The van der Waals surface area contributed by atoms with Gasteiger partial charge in [-0.15, -0.1) is 0 Å². The zero-order chi connectivity index (χ0) is 21.7. The molecular formula is C21H16N5O4S+. The van der Waals surface area contributed by atoms with Crippen LogP contribution in [0.3, 0.4) is 0 Å². The molecule has 0 aliphatic carbocycles. The fourth-order valence-electron chi connectivity index (χ4n) is 3.49. The average Bonchev–Trinajstić information content (AvgIpc) is 3.11. The van der Waals surface area contributed by atoms with Crippen molar-refractivity contribution in [3.05, 3.63) is 59.5 Å². The summed E-state index contributed by atoms with van der Waals surface area (Å²) in [5.41, 5.74) is 2.42. The van der Waals surface area contributed by atoms with Crippen LogP contribution in [-0.4, -0.2) is 31.4 Å². The van der Waals surface area contributed by atoms with E-state index in [1.54, 1.807) is 36.7 Å². The number of nitrogens with zero attached hydrogens (tertiary/aromatic N) is 4. The lowest BCUT2D eigenvalue weighted by atomic mass is 10.1. The van der Waals surface area contributed by atoms with E-state index in [0.717, 1.165) is 5.56 Å². The maximum atomic E-state index is 13.1. The van der Waals surface area contributed by atoms with Gasteiger partial charge in [-0.05, 0) is 43.7 Å². The first-order valence-electron chi connectivity index (χ1n) is 9.29. The quantitative estimate of drug-likeness (QED) is 0.413. The van der Waals surface area contributed by atoms with Crippen LogP contribution in [0.5, 0.6) is 11.5 Å². The summed E-state index contributed by atoms with van der Waals surface area (Å²) in [6.07, 6.45) is 4.77. The van der Waals surface area contributed by atoms with Crippen molar-refractivity contribution >= 4 is 49.2 Å². The lowest BCUT2D eigenvalue weighted by Gasteiger charge is -2.27. The second-order valence-electron chi connectivity index (χ2n) is 6.88. The van der Waals surface area contributed by atoms with E-state index in [1.165, 1.54) is 16.5 Å². The Labute approximate surface area is 178 Å². The molecule has 0 fully saturated rings. The van der Waals surface area contributed by atoms with Crippen LogP contribution in [0, 0.1) is 13.8 Å². The van der Waals surface area contributed by atoms with Crippen molar-refractivity contribution < 1.29 is 19.4 Å². The molecule has 1 aliphatic heterocycles. The van der Waals surface area contributed by atoms with Crippen LogP contribution in [-0.2, 0) is 0 Å². The van der Waals surface area contributed by atoms with E-state index in [4.69, 9.17) is 4.74 Å². The molecular weight excluding hydrogens is 418 g/mol. The number of pyridine rings is 3. The van der Waals surface area contributed by atoms with Gasteiger partial charge in [-0.1, -0.05) is 0 Å². The summed E-state index contributed by atoms with van der Waals surface area (Å²) in [6.45, 7) is 3.69. The second-order valence-corrected chi connectivity index (χ2v) is 8.53. The SMILES string of the molecule is Cc1ccnc(N2C(=O)Nc3c[s+](C(=O)O)c4nccc2c34)c1Oc1cccnc1C. The Hall–Kier alpha value is -4.05. The highest BCUT2D eigenvalue weighted by molar-refractivity contribution is 7.54. The predicted molar refractivity (Wildman–Crippen MR) is 117 cm³/mol. The predicted octanol–water partition coefficient (Wildman–Crippen LogP) is 5.39. The highest BCUT2D eigenvalue weighted by atomic mass is 32.2. The molecule has 0 spiro atoms. The molecule has 5 rings (SSSR count). The third kappa shape index (κ3) is 2.96. The first-order valence-corrected chi connectivity index (χ1v) is 10.6. The number of nitrogens with one attached hydrogen (secondary N) is 1. The summed E-state index contributed by atoms with van der Waals surface area (Å²) in [7, 11) is -1.24. The zero-order valence-corrected chi connectivity index (χ0v) is 17.3. The topological polar surface area (TPSA) is 118 Å². The molecule has 0 bridgehead atoms. The van der Waals surface area contributed by atoms with E-state index in [9.17, 15) is 14.7 Å². The average molecular weight is 434 g/mol. The summed E-state index contributed by atoms with van der Waals surface area (Å²) in [4.78, 5) is 39.5. The molecule has 4 aromatic rings. The Balaban J connectivity index is 1.71. The van der Waals surface area contributed by atoms with Crippen molar-refractivity contribution in [2.75, 3.05) is 10.2 Å². The van der Waals surface area contributed by atoms with Crippen LogP contribution in [0.2, 0.25) is 0 Å². The number of aryl methyl sites for hydroxylation is 2. The van der Waals surface area contributed by atoms with Crippen LogP contribution >= 0.6 is 10.5 Å². The minimum Gasteiger partial charge on any atom is -0.451 e. The highest BCUT2D eigenvalue weighted by Crippen LogP contribution is 2.48. The van der Waals surface area contributed by atoms with Gasteiger partial charge < -0.3 is 15.2 Å². The number of thiophene rings is 1. The number of carbonyl (C=O) groups excluding carboxylic acids is 1. The molecule has 1 unspecified atom stereocenters. The van der Waals surface area contributed by atoms with E-state index in [0.29, 0.717) is 38.8 Å². The van der Waals surface area contributed by atoms with Gasteiger partial charge in [-0.2, -0.15) is 4.79 Å². The van der Waals surface area contributed by atoms with Crippen molar-refractivity contribution in [2.24, 2.45) is 0 Å². The van der Waals surface area contributed by atoms with Gasteiger partial charge in [-0.25, -0.2) is 19.7 Å². The minimum absolute atomic E-state index is 0.287. The summed E-state index contributed by atoms with van der Waals surface area (Å²) in [5, 5.41) is 13.4. The Kier molecular flexibility index (Phi) is 4.29. The van der Waals surface area contributed by atoms with E-state index >= 15 is 0 Å². The monoisotopic (exact) mass is 434 g/mol. The first-order chi connectivity index (χ1) is 15.0. The Bertz CT molecular complexity index is 1380. The van der Waals surface area contributed by atoms with E-state index in [2.05, 4.69) is 20.3 Å². The molecule has 0 saturated heterocycles. The smallest absolute Gasteiger partial charge is 0.451 e. The van der Waals surface area contributed by atoms with Crippen LogP contribution < -0.4 is 15.0 Å². The van der Waals surface area contributed by atoms with Crippen LogP contribution in [0.1, 0.15) is 11.3 Å². The number of aromatic nitrogens is 3. The van der Waals surface area contributed by atoms with Crippen molar-refractivity contribution in [1.29, 1.82) is 0 Å². The summed E-state index contributed by atoms with van der Waals surface area (Å²) in [6, 6.07) is 6.55. The summed E-state index contributed by atoms with van der Waals surface area (Å²) >= 11 is 0. The van der Waals surface area contributed by atoms with E-state index in [-0.39, 0.29) is 5.82 Å². The molecule has 154 valence electrons. The third-order valence-corrected chi connectivity index (χ3v) is 6.52. The van der Waals surface area contributed by atoms with Crippen molar-refractivity contribution in [1.82, 2.24) is 15.0 Å². The number of carboxylic acid groups (broad SMARTS) is 1. The van der Waals surface area contributed by atoms with Gasteiger partial charge in [0.2, 0.25) is 0 Å². The number of carbonyl (C=O) groups is 2. The Morgan fingerprint density at radius 2 is 1.94 bits per heavy atom. The van der Waals surface area contributed by atoms with Gasteiger partial charge in [0.15, 0.2) is 16.9 Å². The van der Waals surface area contributed by atoms with Gasteiger partial charge in [0.1, 0.15) is 27.3 Å². The maximum Gasteiger partial charge on any atom is 0.554 e. The summed E-state index contributed by atoms with van der Waals surface area (Å²) < 4.78 is 6.15. The van der Waals surface area contributed by atoms with Crippen molar-refractivity contribution in [3.63, 3.8) is 0 Å².